The zero-order valence-corrected chi connectivity index (χ0v) is 7.49. The van der Waals surface area contributed by atoms with Crippen molar-refractivity contribution in [3.8, 4) is 0 Å². The summed E-state index contributed by atoms with van der Waals surface area (Å²) >= 11 is 1.79. The second-order valence-electron chi connectivity index (χ2n) is 3.10. The van der Waals surface area contributed by atoms with Crippen molar-refractivity contribution in [1.29, 1.82) is 0 Å². The summed E-state index contributed by atoms with van der Waals surface area (Å²) < 4.78 is 0. The normalized spacial score (nSPS) is 31.7. The van der Waals surface area contributed by atoms with Crippen molar-refractivity contribution in [3.05, 3.63) is 5.82 Å². The molecule has 0 saturated carbocycles. The van der Waals surface area contributed by atoms with Gasteiger partial charge in [0.15, 0.2) is 5.82 Å². The predicted molar refractivity (Wildman–Crippen MR) is 44.6 cm³/mol. The molecule has 1 unspecified atom stereocenters. The topological polar surface area (TPSA) is 74.8 Å². The number of fused-ring (bicyclic) bond motifs is 1. The number of rotatable bonds is 1. The lowest BCUT2D eigenvalue weighted by Gasteiger charge is -2.36. The molecule has 7 heteroatoms. The molecule has 13 heavy (non-hydrogen) atoms. The van der Waals surface area contributed by atoms with Gasteiger partial charge in [-0.3, -0.25) is 4.79 Å². The van der Waals surface area contributed by atoms with Crippen molar-refractivity contribution in [1.82, 2.24) is 25.5 Å². The molecule has 68 valence electrons. The van der Waals surface area contributed by atoms with Gasteiger partial charge in [0.25, 0.3) is 0 Å². The second-order valence-corrected chi connectivity index (χ2v) is 4.31. The highest BCUT2D eigenvalue weighted by Gasteiger charge is 2.48. The van der Waals surface area contributed by atoms with Crippen LogP contribution in [0.15, 0.2) is 0 Å². The maximum atomic E-state index is 11.2. The quantitative estimate of drug-likeness (QED) is 0.617. The van der Waals surface area contributed by atoms with Gasteiger partial charge in [-0.2, -0.15) is 0 Å². The van der Waals surface area contributed by atoms with E-state index in [0.29, 0.717) is 17.6 Å². The smallest absolute Gasteiger partial charge is 0.227 e. The van der Waals surface area contributed by atoms with Crippen molar-refractivity contribution in [2.75, 3.05) is 5.75 Å². The number of carbonyl (C=O) groups is 1. The van der Waals surface area contributed by atoms with Crippen LogP contribution in [-0.2, 0) is 4.79 Å². The van der Waals surface area contributed by atoms with E-state index in [1.807, 2.05) is 4.90 Å². The van der Waals surface area contributed by atoms with Crippen LogP contribution in [0.4, 0.5) is 0 Å². The first-order chi connectivity index (χ1) is 6.36. The average molecular weight is 197 g/mol. The third kappa shape index (κ3) is 0.902. The van der Waals surface area contributed by atoms with Gasteiger partial charge in [0.1, 0.15) is 6.04 Å². The minimum atomic E-state index is 0.0613. The van der Waals surface area contributed by atoms with Crippen molar-refractivity contribution >= 4 is 17.7 Å². The van der Waals surface area contributed by atoms with Crippen molar-refractivity contribution in [2.24, 2.45) is 0 Å². The monoisotopic (exact) mass is 197 g/mol. The Morgan fingerprint density at radius 1 is 1.62 bits per heavy atom. The number of thioether (sulfide) groups is 1. The summed E-state index contributed by atoms with van der Waals surface area (Å²) in [4.78, 5) is 13.1. The van der Waals surface area contributed by atoms with Gasteiger partial charge in [0.05, 0.1) is 11.8 Å². The number of hydrogen-bond donors (Lipinski definition) is 1. The Morgan fingerprint density at radius 2 is 2.54 bits per heavy atom. The van der Waals surface area contributed by atoms with Gasteiger partial charge in [-0.25, -0.2) is 5.10 Å². The van der Waals surface area contributed by atoms with Crippen LogP contribution in [0.3, 0.4) is 0 Å². The fraction of sp³-hybridized carbons (Fsp3) is 0.667. The minimum Gasteiger partial charge on any atom is -0.319 e. The molecule has 3 rings (SSSR count). The van der Waals surface area contributed by atoms with Crippen LogP contribution in [-0.4, -0.2) is 42.6 Å². The van der Waals surface area contributed by atoms with Crippen LogP contribution in [0.25, 0.3) is 0 Å². The van der Waals surface area contributed by atoms with E-state index in [4.69, 9.17) is 0 Å². The van der Waals surface area contributed by atoms with E-state index in [0.717, 1.165) is 5.75 Å². The van der Waals surface area contributed by atoms with Gasteiger partial charge in [0.2, 0.25) is 5.91 Å². The molecule has 2 fully saturated rings. The van der Waals surface area contributed by atoms with Crippen molar-refractivity contribution in [2.45, 2.75) is 17.8 Å². The van der Waals surface area contributed by atoms with Crippen LogP contribution in [0.1, 0.15) is 18.3 Å². The Morgan fingerprint density at radius 3 is 3.23 bits per heavy atom. The molecule has 0 aromatic carbocycles. The maximum absolute atomic E-state index is 11.2. The lowest BCUT2D eigenvalue weighted by Crippen LogP contribution is -2.48. The maximum Gasteiger partial charge on any atom is 0.227 e. The minimum absolute atomic E-state index is 0.0613. The molecule has 2 aliphatic rings. The molecule has 2 atom stereocenters. The highest BCUT2D eigenvalue weighted by atomic mass is 32.2. The van der Waals surface area contributed by atoms with Gasteiger partial charge in [0, 0.05) is 5.75 Å². The molecular weight excluding hydrogens is 190 g/mol. The van der Waals surface area contributed by atoms with Crippen LogP contribution in [0.2, 0.25) is 0 Å². The van der Waals surface area contributed by atoms with E-state index in [2.05, 4.69) is 20.6 Å². The van der Waals surface area contributed by atoms with E-state index < -0.39 is 0 Å². The summed E-state index contributed by atoms with van der Waals surface area (Å²) in [6.07, 6.45) is 0.669. The SMILES string of the molecule is O=C1C[C@H]2SCC(c3nnn[nH]3)N12. The summed E-state index contributed by atoms with van der Waals surface area (Å²) in [6.45, 7) is 0. The largest absolute Gasteiger partial charge is 0.319 e. The summed E-state index contributed by atoms with van der Waals surface area (Å²) in [7, 11) is 0. The third-order valence-electron chi connectivity index (χ3n) is 2.41. The number of nitrogens with zero attached hydrogens (tertiary/aromatic N) is 4. The molecule has 1 aromatic heterocycles. The summed E-state index contributed by atoms with van der Waals surface area (Å²) in [5.74, 6) is 1.80. The molecule has 0 aliphatic carbocycles. The molecule has 2 aliphatic heterocycles. The Balaban J connectivity index is 1.90. The highest BCUT2D eigenvalue weighted by molar-refractivity contribution is 8.00. The summed E-state index contributed by atoms with van der Waals surface area (Å²) in [5.41, 5.74) is 0. The summed E-state index contributed by atoms with van der Waals surface area (Å²) in [5, 5.41) is 13.9. The van der Waals surface area contributed by atoms with E-state index in [9.17, 15) is 4.79 Å². The first-order valence-corrected chi connectivity index (χ1v) is 5.07. The van der Waals surface area contributed by atoms with Crippen molar-refractivity contribution in [3.63, 3.8) is 0 Å². The van der Waals surface area contributed by atoms with E-state index >= 15 is 0 Å². The van der Waals surface area contributed by atoms with Gasteiger partial charge in [-0.05, 0) is 10.4 Å². The lowest BCUT2D eigenvalue weighted by molar-refractivity contribution is -0.143. The summed E-state index contributed by atoms with van der Waals surface area (Å²) in [6, 6.07) is 0.0613. The fourth-order valence-corrected chi connectivity index (χ4v) is 3.12. The molecule has 6 nitrogen and oxygen atoms in total. The van der Waals surface area contributed by atoms with Crippen LogP contribution < -0.4 is 0 Å². The number of aromatic nitrogens is 4. The third-order valence-corrected chi connectivity index (χ3v) is 3.69. The number of aromatic amines is 1. The van der Waals surface area contributed by atoms with E-state index in [1.165, 1.54) is 0 Å². The molecule has 3 heterocycles. The molecule has 0 bridgehead atoms. The standard InChI is InChI=1S/C6H7N5OS/c12-4-1-5-11(4)3(2-13-5)6-7-9-10-8-6/h3,5H,1-2H2,(H,7,8,9,10)/t3?,5-/m1/s1. The average Bonchev–Trinajstić information content (AvgIpc) is 2.68. The van der Waals surface area contributed by atoms with E-state index in [-0.39, 0.29) is 11.9 Å². The second kappa shape index (κ2) is 2.44. The first kappa shape index (κ1) is 7.31. The Kier molecular flexibility index (Phi) is 1.37. The van der Waals surface area contributed by atoms with Gasteiger partial charge >= 0.3 is 0 Å². The Bertz CT molecular complexity index is 339. The van der Waals surface area contributed by atoms with Gasteiger partial charge in [-0.15, -0.1) is 16.9 Å². The number of amides is 1. The number of β-lactam (4-membered cyclic amide) rings is 1. The molecular formula is C6H7N5OS. The number of hydrogen-bond acceptors (Lipinski definition) is 5. The number of tetrazole rings is 1. The van der Waals surface area contributed by atoms with Crippen molar-refractivity contribution < 1.29 is 4.79 Å². The Hall–Kier alpha value is -1.11. The van der Waals surface area contributed by atoms with Crippen LogP contribution >= 0.6 is 11.8 Å². The lowest BCUT2D eigenvalue weighted by atomic mass is 10.1. The molecule has 1 amide bonds. The Labute approximate surface area is 78.1 Å². The zero-order valence-electron chi connectivity index (χ0n) is 6.67. The fourth-order valence-electron chi connectivity index (χ4n) is 1.72. The van der Waals surface area contributed by atoms with Gasteiger partial charge < -0.3 is 4.90 Å². The molecule has 1 N–H and O–H groups in total. The zero-order chi connectivity index (χ0) is 8.84. The highest BCUT2D eigenvalue weighted by Crippen LogP contribution is 2.44. The number of carbonyl (C=O) groups excluding carboxylic acids is 1. The molecule has 2 saturated heterocycles. The number of H-pyrrole nitrogens is 1. The van der Waals surface area contributed by atoms with Gasteiger partial charge in [-0.1, -0.05) is 0 Å². The van der Waals surface area contributed by atoms with Crippen LogP contribution in [0, 0.1) is 0 Å². The first-order valence-electron chi connectivity index (χ1n) is 4.02. The van der Waals surface area contributed by atoms with Crippen LogP contribution in [0.5, 0.6) is 0 Å². The molecule has 1 aromatic rings. The molecule has 0 radical (unpaired) electrons. The van der Waals surface area contributed by atoms with E-state index in [1.54, 1.807) is 11.8 Å². The number of nitrogens with one attached hydrogen (secondary N) is 1. The predicted octanol–water partition coefficient (Wildman–Crippen LogP) is -0.454. The molecule has 0 spiro atoms.